The van der Waals surface area contributed by atoms with E-state index in [1.54, 1.807) is 13.1 Å². The minimum atomic E-state index is -3.69. The lowest BCUT2D eigenvalue weighted by Gasteiger charge is -2.12. The van der Waals surface area contributed by atoms with Gasteiger partial charge in [-0.05, 0) is 19.4 Å². The summed E-state index contributed by atoms with van der Waals surface area (Å²) in [7, 11) is -2.05. The fraction of sp³-hybridized carbons (Fsp3) is 0.538. The molecule has 7 nitrogen and oxygen atoms in total. The fourth-order valence-corrected chi connectivity index (χ4v) is 2.81. The summed E-state index contributed by atoms with van der Waals surface area (Å²) in [5.74, 6) is -0.174. The molecule has 1 heterocycles. The molecule has 8 heteroatoms. The van der Waals surface area contributed by atoms with Crippen LogP contribution in [0.25, 0.3) is 0 Å². The Hall–Kier alpha value is -1.67. The zero-order valence-corrected chi connectivity index (χ0v) is 13.3. The molecule has 0 spiro atoms. The molecule has 0 aliphatic heterocycles. The van der Waals surface area contributed by atoms with Crippen LogP contribution in [0.5, 0.6) is 0 Å². The van der Waals surface area contributed by atoms with Gasteiger partial charge in [-0.25, -0.2) is 13.1 Å². The average molecular weight is 314 g/mol. The molecule has 0 saturated carbocycles. The summed E-state index contributed by atoms with van der Waals surface area (Å²) in [5.41, 5.74) is 0.460. The number of amides is 1. The summed E-state index contributed by atoms with van der Waals surface area (Å²) >= 11 is 0. The van der Waals surface area contributed by atoms with Crippen LogP contribution in [0.15, 0.2) is 23.4 Å². The van der Waals surface area contributed by atoms with Crippen molar-refractivity contribution in [3.63, 3.8) is 0 Å². The molecule has 1 aromatic rings. The van der Waals surface area contributed by atoms with E-state index in [0.29, 0.717) is 5.69 Å². The van der Waals surface area contributed by atoms with Crippen LogP contribution >= 0.6 is 0 Å². The number of hydrogen-bond acceptors (Lipinski definition) is 5. The van der Waals surface area contributed by atoms with E-state index in [4.69, 9.17) is 0 Å². The number of carbonyl (C=O) groups is 1. The number of aromatic nitrogens is 1. The van der Waals surface area contributed by atoms with E-state index in [1.807, 2.05) is 13.8 Å². The van der Waals surface area contributed by atoms with Crippen LogP contribution in [0, 0.1) is 0 Å². The molecule has 3 N–H and O–H groups in total. The van der Waals surface area contributed by atoms with Crippen LogP contribution in [0.4, 0.5) is 5.69 Å². The Labute approximate surface area is 125 Å². The van der Waals surface area contributed by atoms with Gasteiger partial charge in [-0.15, -0.1) is 0 Å². The van der Waals surface area contributed by atoms with E-state index < -0.39 is 10.0 Å². The van der Waals surface area contributed by atoms with Gasteiger partial charge in [0.25, 0.3) is 0 Å². The highest BCUT2D eigenvalue weighted by molar-refractivity contribution is 7.89. The maximum atomic E-state index is 12.1. The first-order valence-corrected chi connectivity index (χ1v) is 8.29. The predicted octanol–water partition coefficient (Wildman–Crippen LogP) is 0.706. The van der Waals surface area contributed by atoms with E-state index in [2.05, 4.69) is 20.3 Å². The van der Waals surface area contributed by atoms with E-state index in [-0.39, 0.29) is 29.8 Å². The summed E-state index contributed by atoms with van der Waals surface area (Å²) in [5, 5.41) is 5.58. The topological polar surface area (TPSA) is 100 Å². The van der Waals surface area contributed by atoms with Crippen molar-refractivity contribution >= 4 is 21.6 Å². The van der Waals surface area contributed by atoms with Gasteiger partial charge >= 0.3 is 0 Å². The highest BCUT2D eigenvalue weighted by Gasteiger charge is 2.18. The second-order valence-corrected chi connectivity index (χ2v) is 6.38. The Morgan fingerprint density at radius 1 is 1.43 bits per heavy atom. The van der Waals surface area contributed by atoms with Gasteiger partial charge in [0.1, 0.15) is 4.90 Å². The number of rotatable bonds is 8. The van der Waals surface area contributed by atoms with Gasteiger partial charge in [0.2, 0.25) is 15.9 Å². The maximum absolute atomic E-state index is 12.1. The Balaban J connectivity index is 2.60. The lowest BCUT2D eigenvalue weighted by molar-refractivity contribution is -0.121. The first kappa shape index (κ1) is 17.4. The van der Waals surface area contributed by atoms with Gasteiger partial charge in [0.05, 0.1) is 5.69 Å². The van der Waals surface area contributed by atoms with Crippen molar-refractivity contribution in [3.05, 3.63) is 18.5 Å². The third-order valence-corrected chi connectivity index (χ3v) is 4.50. The van der Waals surface area contributed by atoms with E-state index in [9.17, 15) is 13.2 Å². The minimum Gasteiger partial charge on any atom is -0.387 e. The number of hydrogen-bond donors (Lipinski definition) is 3. The molecule has 0 aliphatic rings. The molecule has 0 bridgehead atoms. The van der Waals surface area contributed by atoms with Crippen LogP contribution in [0.1, 0.15) is 26.7 Å². The number of carbonyl (C=O) groups excluding carboxylic acids is 1. The number of sulfonamides is 1. The van der Waals surface area contributed by atoms with Crippen LogP contribution in [-0.4, -0.2) is 38.9 Å². The van der Waals surface area contributed by atoms with E-state index >= 15 is 0 Å². The number of nitrogens with zero attached hydrogens (tertiary/aromatic N) is 1. The molecule has 118 valence electrons. The summed E-state index contributed by atoms with van der Waals surface area (Å²) in [6.45, 7) is 3.91. The molecule has 1 unspecified atom stereocenters. The average Bonchev–Trinajstić information content (AvgIpc) is 2.46. The van der Waals surface area contributed by atoms with Gasteiger partial charge in [0, 0.05) is 38.4 Å². The standard InChI is InChI=1S/C13H22N4O3S/c1-4-10(2)17-13(18)6-8-16-21(19,20)12-9-15-7-5-11(12)14-3/h5,7,9-10,16H,4,6,8H2,1-3H3,(H,14,15)(H,17,18). The molecule has 1 amide bonds. The Kier molecular flexibility index (Phi) is 6.57. The highest BCUT2D eigenvalue weighted by atomic mass is 32.2. The zero-order valence-electron chi connectivity index (χ0n) is 12.5. The third-order valence-electron chi connectivity index (χ3n) is 3.01. The minimum absolute atomic E-state index is 0.0443. The van der Waals surface area contributed by atoms with Gasteiger partial charge in [-0.3, -0.25) is 9.78 Å². The van der Waals surface area contributed by atoms with Gasteiger partial charge in [-0.2, -0.15) is 0 Å². The molecule has 0 radical (unpaired) electrons. The van der Waals surface area contributed by atoms with Crippen molar-refractivity contribution in [1.29, 1.82) is 0 Å². The largest absolute Gasteiger partial charge is 0.387 e. The van der Waals surface area contributed by atoms with Crippen LogP contribution in [-0.2, 0) is 14.8 Å². The molecule has 1 atom stereocenters. The quantitative estimate of drug-likeness (QED) is 0.656. The Morgan fingerprint density at radius 2 is 2.14 bits per heavy atom. The molecule has 0 aromatic carbocycles. The molecule has 21 heavy (non-hydrogen) atoms. The van der Waals surface area contributed by atoms with Crippen molar-refractivity contribution in [2.45, 2.75) is 37.6 Å². The van der Waals surface area contributed by atoms with Crippen molar-refractivity contribution in [2.75, 3.05) is 18.9 Å². The zero-order chi connectivity index (χ0) is 15.9. The van der Waals surface area contributed by atoms with Crippen LogP contribution < -0.4 is 15.4 Å². The molecular formula is C13H22N4O3S. The number of anilines is 1. The molecule has 1 aromatic heterocycles. The van der Waals surface area contributed by atoms with Crippen LogP contribution in [0.3, 0.4) is 0 Å². The van der Waals surface area contributed by atoms with Crippen molar-refractivity contribution in [2.24, 2.45) is 0 Å². The van der Waals surface area contributed by atoms with Gasteiger partial charge in [-0.1, -0.05) is 6.92 Å². The smallest absolute Gasteiger partial charge is 0.244 e. The Morgan fingerprint density at radius 3 is 2.76 bits per heavy atom. The fourth-order valence-electron chi connectivity index (χ4n) is 1.63. The molecule has 0 fully saturated rings. The second kappa shape index (κ2) is 7.94. The lowest BCUT2D eigenvalue weighted by atomic mass is 10.2. The van der Waals surface area contributed by atoms with Crippen molar-refractivity contribution in [3.8, 4) is 0 Å². The van der Waals surface area contributed by atoms with Gasteiger partial charge in [0.15, 0.2) is 0 Å². The SMILES string of the molecule is CCC(C)NC(=O)CCNS(=O)(=O)c1cnccc1NC. The lowest BCUT2D eigenvalue weighted by Crippen LogP contribution is -2.35. The first-order valence-electron chi connectivity index (χ1n) is 6.81. The van der Waals surface area contributed by atoms with E-state index in [1.165, 1.54) is 12.4 Å². The summed E-state index contributed by atoms with van der Waals surface area (Å²) in [6.07, 6.45) is 3.70. The number of pyridine rings is 1. The van der Waals surface area contributed by atoms with Crippen molar-refractivity contribution < 1.29 is 13.2 Å². The predicted molar refractivity (Wildman–Crippen MR) is 81.5 cm³/mol. The Bertz CT molecular complexity index is 575. The highest BCUT2D eigenvalue weighted by Crippen LogP contribution is 2.18. The second-order valence-electron chi connectivity index (χ2n) is 4.65. The third kappa shape index (κ3) is 5.31. The molecular weight excluding hydrogens is 292 g/mol. The van der Waals surface area contributed by atoms with Crippen molar-refractivity contribution in [1.82, 2.24) is 15.0 Å². The molecule has 0 aliphatic carbocycles. The maximum Gasteiger partial charge on any atom is 0.244 e. The number of nitrogens with one attached hydrogen (secondary N) is 3. The normalized spacial score (nSPS) is 12.7. The molecule has 1 rings (SSSR count). The first-order chi connectivity index (χ1) is 9.90. The molecule has 0 saturated heterocycles. The summed E-state index contributed by atoms with van der Waals surface area (Å²) in [4.78, 5) is 15.5. The summed E-state index contributed by atoms with van der Waals surface area (Å²) < 4.78 is 26.7. The monoisotopic (exact) mass is 314 g/mol. The summed E-state index contributed by atoms with van der Waals surface area (Å²) in [6, 6.07) is 1.66. The van der Waals surface area contributed by atoms with Gasteiger partial charge < -0.3 is 10.6 Å². The van der Waals surface area contributed by atoms with E-state index in [0.717, 1.165) is 6.42 Å². The van der Waals surface area contributed by atoms with Crippen LogP contribution in [0.2, 0.25) is 0 Å².